The topological polar surface area (TPSA) is 13.1 Å². The maximum atomic E-state index is 5.72. The van der Waals surface area contributed by atoms with E-state index >= 15 is 0 Å². The van der Waals surface area contributed by atoms with E-state index in [0.29, 0.717) is 0 Å². The van der Waals surface area contributed by atoms with E-state index in [0.717, 1.165) is 13.2 Å². The lowest BCUT2D eigenvalue weighted by Crippen LogP contribution is -3.00. The third-order valence-corrected chi connectivity index (χ3v) is 3.55. The second kappa shape index (κ2) is 13.8. The smallest absolute Gasteiger partial charge is 0.207 e. The standard InChI is InChI=1S/C17H30NO.HI/c1-3-4-5-6-7-8-9-12-15-19-16-17-13-10-11-14-18(17)2;/h10-11,13-14H,3-9,12,15-16H2,1-2H3;1H/q+1;/p-1. The molecule has 2 nitrogen and oxygen atoms in total. The van der Waals surface area contributed by atoms with Gasteiger partial charge in [-0.25, -0.2) is 4.57 Å². The fourth-order valence-electron chi connectivity index (χ4n) is 2.22. The van der Waals surface area contributed by atoms with Crippen LogP contribution in [0, 0.1) is 0 Å². The summed E-state index contributed by atoms with van der Waals surface area (Å²) in [6.45, 7) is 3.89. The number of aryl methyl sites for hydroxylation is 1. The molecule has 0 aliphatic carbocycles. The predicted octanol–water partition coefficient (Wildman–Crippen LogP) is 1.17. The molecule has 1 rings (SSSR count). The lowest BCUT2D eigenvalue weighted by molar-refractivity contribution is -0.681. The molecule has 0 radical (unpaired) electrons. The van der Waals surface area contributed by atoms with Gasteiger partial charge in [0, 0.05) is 18.7 Å². The molecule has 0 saturated carbocycles. The minimum Gasteiger partial charge on any atom is -1.00 e. The average molecular weight is 391 g/mol. The van der Waals surface area contributed by atoms with E-state index in [4.69, 9.17) is 4.74 Å². The lowest BCUT2D eigenvalue weighted by Gasteiger charge is -2.03. The molecule has 1 aromatic rings. The lowest BCUT2D eigenvalue weighted by atomic mass is 10.1. The molecule has 0 N–H and O–H groups in total. The van der Waals surface area contributed by atoms with Crippen LogP contribution in [-0.4, -0.2) is 6.61 Å². The summed E-state index contributed by atoms with van der Waals surface area (Å²) in [4.78, 5) is 0. The van der Waals surface area contributed by atoms with E-state index in [1.807, 2.05) is 6.07 Å². The maximum Gasteiger partial charge on any atom is 0.207 e. The molecule has 116 valence electrons. The third kappa shape index (κ3) is 9.70. The van der Waals surface area contributed by atoms with Gasteiger partial charge in [0.1, 0.15) is 13.7 Å². The summed E-state index contributed by atoms with van der Waals surface area (Å²) in [6, 6.07) is 6.23. The van der Waals surface area contributed by atoms with Crippen molar-refractivity contribution in [3.05, 3.63) is 30.1 Å². The molecule has 1 aromatic heterocycles. The van der Waals surface area contributed by atoms with Crippen molar-refractivity contribution < 1.29 is 33.3 Å². The van der Waals surface area contributed by atoms with E-state index in [1.165, 1.54) is 57.1 Å². The summed E-state index contributed by atoms with van der Waals surface area (Å²) in [5.74, 6) is 0. The minimum absolute atomic E-state index is 0. The first-order valence-electron chi connectivity index (χ1n) is 7.86. The third-order valence-electron chi connectivity index (χ3n) is 3.55. The molecule has 0 aliphatic heterocycles. The highest BCUT2D eigenvalue weighted by Crippen LogP contribution is 2.08. The van der Waals surface area contributed by atoms with Gasteiger partial charge in [-0.3, -0.25) is 0 Å². The Balaban J connectivity index is 0.00000361. The second-order valence-corrected chi connectivity index (χ2v) is 5.33. The van der Waals surface area contributed by atoms with E-state index < -0.39 is 0 Å². The molecule has 0 aromatic carbocycles. The number of unbranched alkanes of at least 4 members (excludes halogenated alkanes) is 7. The molecule has 0 bridgehead atoms. The first-order valence-corrected chi connectivity index (χ1v) is 7.86. The largest absolute Gasteiger partial charge is 1.00 e. The fourth-order valence-corrected chi connectivity index (χ4v) is 2.22. The normalized spacial score (nSPS) is 10.3. The van der Waals surface area contributed by atoms with Gasteiger partial charge in [0.05, 0.1) is 0 Å². The van der Waals surface area contributed by atoms with Crippen molar-refractivity contribution in [1.82, 2.24) is 0 Å². The Hall–Kier alpha value is -0.160. The molecule has 0 saturated heterocycles. The van der Waals surface area contributed by atoms with Crippen molar-refractivity contribution in [2.24, 2.45) is 7.05 Å². The summed E-state index contributed by atoms with van der Waals surface area (Å²) in [5.41, 5.74) is 1.24. The summed E-state index contributed by atoms with van der Waals surface area (Å²) >= 11 is 0. The Kier molecular flexibility index (Phi) is 13.7. The van der Waals surface area contributed by atoms with Crippen LogP contribution in [0.2, 0.25) is 0 Å². The molecule has 1 heterocycles. The van der Waals surface area contributed by atoms with Crippen molar-refractivity contribution >= 4 is 0 Å². The zero-order valence-electron chi connectivity index (χ0n) is 13.1. The zero-order chi connectivity index (χ0) is 13.8. The van der Waals surface area contributed by atoms with Gasteiger partial charge in [0.15, 0.2) is 6.20 Å². The number of aromatic nitrogens is 1. The van der Waals surface area contributed by atoms with Crippen LogP contribution in [-0.2, 0) is 18.4 Å². The van der Waals surface area contributed by atoms with Crippen molar-refractivity contribution in [3.8, 4) is 0 Å². The quantitative estimate of drug-likeness (QED) is 0.314. The van der Waals surface area contributed by atoms with Gasteiger partial charge in [-0.1, -0.05) is 57.9 Å². The Morgan fingerprint density at radius 1 is 0.950 bits per heavy atom. The van der Waals surface area contributed by atoms with E-state index in [-0.39, 0.29) is 24.0 Å². The maximum absolute atomic E-state index is 5.72. The summed E-state index contributed by atoms with van der Waals surface area (Å²) < 4.78 is 7.84. The zero-order valence-corrected chi connectivity index (χ0v) is 15.3. The molecular weight excluding hydrogens is 361 g/mol. The molecule has 0 unspecified atom stereocenters. The number of nitrogens with zero attached hydrogens (tertiary/aromatic N) is 1. The number of hydrogen-bond donors (Lipinski definition) is 0. The molecule has 0 amide bonds. The number of pyridine rings is 1. The van der Waals surface area contributed by atoms with Crippen molar-refractivity contribution in [1.29, 1.82) is 0 Å². The first kappa shape index (κ1) is 19.8. The monoisotopic (exact) mass is 391 g/mol. The van der Waals surface area contributed by atoms with Crippen molar-refractivity contribution in [2.75, 3.05) is 6.61 Å². The highest BCUT2D eigenvalue weighted by molar-refractivity contribution is 4.95. The minimum atomic E-state index is 0. The molecule has 0 atom stereocenters. The molecule has 0 spiro atoms. The SMILES string of the molecule is CCCCCCCCCCOCc1cccc[n+]1C.[I-]. The first-order chi connectivity index (χ1) is 9.34. The van der Waals surface area contributed by atoms with E-state index in [9.17, 15) is 0 Å². The molecule has 0 aliphatic rings. The van der Waals surface area contributed by atoms with Crippen LogP contribution in [0.3, 0.4) is 0 Å². The molecule has 0 fully saturated rings. The van der Waals surface area contributed by atoms with Crippen LogP contribution >= 0.6 is 0 Å². The van der Waals surface area contributed by atoms with Crippen LogP contribution < -0.4 is 28.5 Å². The van der Waals surface area contributed by atoms with Gasteiger partial charge in [-0.2, -0.15) is 0 Å². The van der Waals surface area contributed by atoms with Gasteiger partial charge < -0.3 is 28.7 Å². The Morgan fingerprint density at radius 3 is 2.25 bits per heavy atom. The van der Waals surface area contributed by atoms with Gasteiger partial charge >= 0.3 is 0 Å². The molecule has 20 heavy (non-hydrogen) atoms. The number of hydrogen-bond acceptors (Lipinski definition) is 1. The Bertz CT molecular complexity index is 331. The van der Waals surface area contributed by atoms with E-state index in [2.05, 4.69) is 36.9 Å². The van der Waals surface area contributed by atoms with Crippen LogP contribution in [0.1, 0.15) is 64.0 Å². The molecular formula is C17H30INO. The summed E-state index contributed by atoms with van der Waals surface area (Å²) in [5, 5.41) is 0. The van der Waals surface area contributed by atoms with Gasteiger partial charge in [0.2, 0.25) is 5.69 Å². The van der Waals surface area contributed by atoms with Crippen LogP contribution in [0.25, 0.3) is 0 Å². The van der Waals surface area contributed by atoms with Gasteiger partial charge in [-0.15, -0.1) is 0 Å². The van der Waals surface area contributed by atoms with Crippen LogP contribution in [0.5, 0.6) is 0 Å². The Labute approximate surface area is 141 Å². The number of ether oxygens (including phenoxy) is 1. The molecule has 3 heteroatoms. The van der Waals surface area contributed by atoms with Gasteiger partial charge in [0.25, 0.3) is 0 Å². The summed E-state index contributed by atoms with van der Waals surface area (Å²) in [7, 11) is 2.06. The Morgan fingerprint density at radius 2 is 1.60 bits per heavy atom. The fraction of sp³-hybridized carbons (Fsp3) is 0.706. The number of halogens is 1. The van der Waals surface area contributed by atoms with Crippen LogP contribution in [0.4, 0.5) is 0 Å². The average Bonchev–Trinajstić information content (AvgIpc) is 2.43. The summed E-state index contributed by atoms with van der Waals surface area (Å²) in [6.07, 6.45) is 12.9. The van der Waals surface area contributed by atoms with Crippen LogP contribution in [0.15, 0.2) is 24.4 Å². The van der Waals surface area contributed by atoms with Crippen molar-refractivity contribution in [2.45, 2.75) is 64.9 Å². The highest BCUT2D eigenvalue weighted by Gasteiger charge is 2.03. The van der Waals surface area contributed by atoms with Gasteiger partial charge in [-0.05, 0) is 6.42 Å². The second-order valence-electron chi connectivity index (χ2n) is 5.33. The predicted molar refractivity (Wildman–Crippen MR) is 79.9 cm³/mol. The number of rotatable bonds is 11. The highest BCUT2D eigenvalue weighted by atomic mass is 127. The van der Waals surface area contributed by atoms with Crippen molar-refractivity contribution in [3.63, 3.8) is 0 Å². The van der Waals surface area contributed by atoms with E-state index in [1.54, 1.807) is 0 Å².